The lowest BCUT2D eigenvalue weighted by atomic mass is 10.2. The molecule has 1 aliphatic rings. The molecule has 6 heteroatoms. The van der Waals surface area contributed by atoms with Gasteiger partial charge in [-0.25, -0.2) is 0 Å². The van der Waals surface area contributed by atoms with E-state index in [1.165, 1.54) is 0 Å². The number of nitrogens with one attached hydrogen (secondary N) is 3. The van der Waals surface area contributed by atoms with Gasteiger partial charge >= 0.3 is 0 Å². The van der Waals surface area contributed by atoms with Crippen LogP contribution in [-0.2, 0) is 4.79 Å². The summed E-state index contributed by atoms with van der Waals surface area (Å²) >= 11 is 0. The number of carbonyl (C=O) groups is 2. The number of rotatable bonds is 4. The normalized spacial score (nSPS) is 18.3. The molecule has 1 unspecified atom stereocenters. The van der Waals surface area contributed by atoms with Crippen molar-refractivity contribution in [3.63, 3.8) is 0 Å². The number of pyridine rings is 1. The number of nitrogens with zero attached hydrogens (tertiary/aromatic N) is 1. The molecule has 0 saturated carbocycles. The van der Waals surface area contributed by atoms with Crippen LogP contribution >= 0.6 is 0 Å². The van der Waals surface area contributed by atoms with E-state index in [9.17, 15) is 9.59 Å². The van der Waals surface area contributed by atoms with Gasteiger partial charge in [-0.05, 0) is 13.0 Å². The Morgan fingerprint density at radius 2 is 2.44 bits per heavy atom. The monoisotopic (exact) mass is 248 g/mol. The molecule has 0 radical (unpaired) electrons. The molecule has 96 valence electrons. The predicted octanol–water partition coefficient (Wildman–Crippen LogP) is 0.132. The lowest BCUT2D eigenvalue weighted by Gasteiger charge is -2.13. The molecule has 2 heterocycles. The lowest BCUT2D eigenvalue weighted by Crippen LogP contribution is -2.36. The molecule has 1 aliphatic heterocycles. The zero-order valence-corrected chi connectivity index (χ0v) is 10.2. The Bertz CT molecular complexity index is 461. The molecular weight excluding hydrogens is 232 g/mol. The molecule has 1 aromatic rings. The molecule has 3 N–H and O–H groups in total. The van der Waals surface area contributed by atoms with Gasteiger partial charge < -0.3 is 16.0 Å². The third-order valence-electron chi connectivity index (χ3n) is 2.75. The fourth-order valence-electron chi connectivity index (χ4n) is 1.89. The molecule has 6 nitrogen and oxygen atoms in total. The van der Waals surface area contributed by atoms with Crippen LogP contribution in [0.1, 0.15) is 23.7 Å². The Labute approximate surface area is 105 Å². The van der Waals surface area contributed by atoms with E-state index in [-0.39, 0.29) is 17.9 Å². The van der Waals surface area contributed by atoms with Crippen molar-refractivity contribution in [3.8, 4) is 0 Å². The van der Waals surface area contributed by atoms with Crippen molar-refractivity contribution in [1.82, 2.24) is 15.6 Å². The first-order valence-electron chi connectivity index (χ1n) is 5.96. The number of hydrogen-bond donors (Lipinski definition) is 3. The predicted molar refractivity (Wildman–Crippen MR) is 67.3 cm³/mol. The summed E-state index contributed by atoms with van der Waals surface area (Å²) in [5, 5.41) is 8.60. The van der Waals surface area contributed by atoms with Gasteiger partial charge in [0.25, 0.3) is 5.91 Å². The molecule has 0 bridgehead atoms. The summed E-state index contributed by atoms with van der Waals surface area (Å²) in [5.41, 5.74) is 1.25. The highest BCUT2D eigenvalue weighted by atomic mass is 16.2. The van der Waals surface area contributed by atoms with E-state index in [1.807, 2.05) is 6.92 Å². The molecule has 2 rings (SSSR count). The van der Waals surface area contributed by atoms with Gasteiger partial charge in [0.15, 0.2) is 0 Å². The molecule has 18 heavy (non-hydrogen) atoms. The van der Waals surface area contributed by atoms with Crippen molar-refractivity contribution in [2.75, 3.05) is 18.4 Å². The maximum absolute atomic E-state index is 12.1. The Morgan fingerprint density at radius 3 is 3.11 bits per heavy atom. The summed E-state index contributed by atoms with van der Waals surface area (Å²) in [6, 6.07) is 1.53. The zero-order valence-electron chi connectivity index (χ0n) is 10.2. The van der Waals surface area contributed by atoms with Crippen molar-refractivity contribution < 1.29 is 9.59 Å². The summed E-state index contributed by atoms with van der Waals surface area (Å²) in [7, 11) is 0. The SMILES string of the molecule is CCNc1cnccc1C(=O)NC1CNC(=O)C1. The molecule has 1 saturated heterocycles. The van der Waals surface area contributed by atoms with Crippen LogP contribution in [0.5, 0.6) is 0 Å². The second kappa shape index (κ2) is 5.48. The van der Waals surface area contributed by atoms with Gasteiger partial charge in [0.2, 0.25) is 5.91 Å². The number of hydrogen-bond acceptors (Lipinski definition) is 4. The van der Waals surface area contributed by atoms with E-state index in [4.69, 9.17) is 0 Å². The van der Waals surface area contributed by atoms with Crippen molar-refractivity contribution in [1.29, 1.82) is 0 Å². The molecule has 1 aromatic heterocycles. The second-order valence-corrected chi connectivity index (χ2v) is 4.13. The van der Waals surface area contributed by atoms with Crippen molar-refractivity contribution >= 4 is 17.5 Å². The molecule has 1 atom stereocenters. The van der Waals surface area contributed by atoms with Crippen LogP contribution in [-0.4, -0.2) is 35.9 Å². The molecular formula is C12H16N4O2. The quantitative estimate of drug-likeness (QED) is 0.707. The molecule has 1 fully saturated rings. The van der Waals surface area contributed by atoms with Crippen LogP contribution in [0.4, 0.5) is 5.69 Å². The first kappa shape index (κ1) is 12.3. The van der Waals surface area contributed by atoms with Crippen LogP contribution in [0.25, 0.3) is 0 Å². The first-order valence-corrected chi connectivity index (χ1v) is 5.96. The van der Waals surface area contributed by atoms with Crippen LogP contribution in [0.2, 0.25) is 0 Å². The van der Waals surface area contributed by atoms with Gasteiger partial charge in [0.1, 0.15) is 0 Å². The van der Waals surface area contributed by atoms with Gasteiger partial charge in [-0.15, -0.1) is 0 Å². The number of anilines is 1. The van der Waals surface area contributed by atoms with Gasteiger partial charge in [-0.3, -0.25) is 14.6 Å². The second-order valence-electron chi connectivity index (χ2n) is 4.13. The fraction of sp³-hybridized carbons (Fsp3) is 0.417. The van der Waals surface area contributed by atoms with E-state index >= 15 is 0 Å². The minimum Gasteiger partial charge on any atom is -0.383 e. The minimum absolute atomic E-state index is 0.0260. The molecule has 0 aromatic carbocycles. The van der Waals surface area contributed by atoms with Crippen molar-refractivity contribution in [2.24, 2.45) is 0 Å². The van der Waals surface area contributed by atoms with E-state index in [0.717, 1.165) is 6.54 Å². The average Bonchev–Trinajstić information content (AvgIpc) is 2.76. The maximum Gasteiger partial charge on any atom is 0.253 e. The summed E-state index contributed by atoms with van der Waals surface area (Å²) in [6.45, 7) is 3.16. The summed E-state index contributed by atoms with van der Waals surface area (Å²) in [5.74, 6) is -0.211. The summed E-state index contributed by atoms with van der Waals surface area (Å²) in [4.78, 5) is 27.1. The van der Waals surface area contributed by atoms with Crippen LogP contribution in [0, 0.1) is 0 Å². The van der Waals surface area contributed by atoms with Crippen LogP contribution in [0.15, 0.2) is 18.5 Å². The third kappa shape index (κ3) is 2.77. The first-order chi connectivity index (χ1) is 8.70. The van der Waals surface area contributed by atoms with Crippen LogP contribution < -0.4 is 16.0 Å². The Morgan fingerprint density at radius 1 is 1.61 bits per heavy atom. The highest BCUT2D eigenvalue weighted by Gasteiger charge is 2.24. The highest BCUT2D eigenvalue weighted by molar-refractivity contribution is 5.99. The largest absolute Gasteiger partial charge is 0.383 e. The Kier molecular flexibility index (Phi) is 3.76. The third-order valence-corrected chi connectivity index (χ3v) is 2.75. The smallest absolute Gasteiger partial charge is 0.253 e. The zero-order chi connectivity index (χ0) is 13.0. The van der Waals surface area contributed by atoms with Gasteiger partial charge in [0.05, 0.1) is 23.5 Å². The van der Waals surface area contributed by atoms with Gasteiger partial charge in [-0.2, -0.15) is 0 Å². The minimum atomic E-state index is -0.185. The standard InChI is InChI=1S/C12H16N4O2/c1-2-14-10-7-13-4-3-9(10)12(18)16-8-5-11(17)15-6-8/h3-4,7-8,14H,2,5-6H2,1H3,(H,15,17)(H,16,18). The average molecular weight is 248 g/mol. The molecule has 0 spiro atoms. The number of carbonyl (C=O) groups excluding carboxylic acids is 2. The summed E-state index contributed by atoms with van der Waals surface area (Å²) in [6.07, 6.45) is 3.54. The van der Waals surface area contributed by atoms with E-state index < -0.39 is 0 Å². The van der Waals surface area contributed by atoms with Crippen LogP contribution in [0.3, 0.4) is 0 Å². The van der Waals surface area contributed by atoms with E-state index in [1.54, 1.807) is 18.5 Å². The number of aromatic nitrogens is 1. The van der Waals surface area contributed by atoms with Crippen molar-refractivity contribution in [3.05, 3.63) is 24.0 Å². The fourth-order valence-corrected chi connectivity index (χ4v) is 1.89. The topological polar surface area (TPSA) is 83.1 Å². The van der Waals surface area contributed by atoms with Gasteiger partial charge in [-0.1, -0.05) is 0 Å². The number of amides is 2. The summed E-state index contributed by atoms with van der Waals surface area (Å²) < 4.78 is 0. The maximum atomic E-state index is 12.1. The van der Waals surface area contributed by atoms with Crippen molar-refractivity contribution in [2.45, 2.75) is 19.4 Å². The Hall–Kier alpha value is -2.11. The lowest BCUT2D eigenvalue weighted by molar-refractivity contribution is -0.119. The van der Waals surface area contributed by atoms with Gasteiger partial charge in [0, 0.05) is 25.7 Å². The Balaban J connectivity index is 2.06. The molecule has 0 aliphatic carbocycles. The van der Waals surface area contributed by atoms with E-state index in [0.29, 0.717) is 24.2 Å². The van der Waals surface area contributed by atoms with E-state index in [2.05, 4.69) is 20.9 Å². The highest BCUT2D eigenvalue weighted by Crippen LogP contribution is 2.13. The molecule has 2 amide bonds.